The number of carbonyl (C=O) groups is 1. The van der Waals surface area contributed by atoms with Gasteiger partial charge in [-0.2, -0.15) is 0 Å². The standard InChI is InChI=1S/C13H8BrClFNO/c14-9-3-8(6-17-7-9)4-13(18)11-2-1-10(16)5-12(11)15/h1-3,5-7H,4H2. The lowest BCUT2D eigenvalue weighted by Crippen LogP contribution is -2.05. The molecule has 0 spiro atoms. The smallest absolute Gasteiger partial charge is 0.168 e. The molecule has 1 heterocycles. The Morgan fingerprint density at radius 2 is 2.11 bits per heavy atom. The number of hydrogen-bond acceptors (Lipinski definition) is 2. The number of Topliss-reactive ketones (excluding diaryl/α,β-unsaturated/α-hetero) is 1. The molecule has 2 aromatic rings. The van der Waals surface area contributed by atoms with Crippen LogP contribution in [0.25, 0.3) is 0 Å². The van der Waals surface area contributed by atoms with Crippen molar-refractivity contribution in [3.63, 3.8) is 0 Å². The molecule has 92 valence electrons. The van der Waals surface area contributed by atoms with E-state index in [0.29, 0.717) is 5.56 Å². The summed E-state index contributed by atoms with van der Waals surface area (Å²) in [4.78, 5) is 16.0. The number of rotatable bonds is 3. The van der Waals surface area contributed by atoms with Crippen molar-refractivity contribution in [1.29, 1.82) is 0 Å². The first-order valence-corrected chi connectivity index (χ1v) is 6.31. The third kappa shape index (κ3) is 3.15. The Bertz CT molecular complexity index is 603. The van der Waals surface area contributed by atoms with Crippen LogP contribution in [0.5, 0.6) is 0 Å². The number of pyridine rings is 1. The third-order valence-electron chi connectivity index (χ3n) is 2.36. The van der Waals surface area contributed by atoms with E-state index in [0.717, 1.165) is 16.1 Å². The van der Waals surface area contributed by atoms with Crippen LogP contribution in [0.3, 0.4) is 0 Å². The maximum absolute atomic E-state index is 12.9. The van der Waals surface area contributed by atoms with Gasteiger partial charge < -0.3 is 0 Å². The topological polar surface area (TPSA) is 30.0 Å². The molecule has 0 saturated heterocycles. The van der Waals surface area contributed by atoms with E-state index in [1.54, 1.807) is 12.4 Å². The maximum Gasteiger partial charge on any atom is 0.168 e. The van der Waals surface area contributed by atoms with Crippen molar-refractivity contribution in [2.75, 3.05) is 0 Å². The fourth-order valence-electron chi connectivity index (χ4n) is 1.55. The van der Waals surface area contributed by atoms with E-state index in [2.05, 4.69) is 20.9 Å². The minimum absolute atomic E-state index is 0.128. The fraction of sp³-hybridized carbons (Fsp3) is 0.0769. The Labute approximate surface area is 117 Å². The number of nitrogens with zero attached hydrogens (tertiary/aromatic N) is 1. The number of aromatic nitrogens is 1. The summed E-state index contributed by atoms with van der Waals surface area (Å²) < 4.78 is 13.7. The predicted octanol–water partition coefficient (Wildman–Crippen LogP) is 4.06. The summed E-state index contributed by atoms with van der Waals surface area (Å²) in [7, 11) is 0. The number of carbonyl (C=O) groups excluding carboxylic acids is 1. The Hall–Kier alpha value is -1.26. The lowest BCUT2D eigenvalue weighted by atomic mass is 10.0. The quantitative estimate of drug-likeness (QED) is 0.795. The van der Waals surface area contributed by atoms with Crippen molar-refractivity contribution < 1.29 is 9.18 Å². The summed E-state index contributed by atoms with van der Waals surface area (Å²) in [6.07, 6.45) is 3.43. The van der Waals surface area contributed by atoms with Crippen LogP contribution in [-0.2, 0) is 6.42 Å². The highest BCUT2D eigenvalue weighted by atomic mass is 79.9. The summed E-state index contributed by atoms with van der Waals surface area (Å²) in [5.74, 6) is -0.624. The molecule has 0 fully saturated rings. The van der Waals surface area contributed by atoms with Gasteiger partial charge in [0, 0.05) is 28.9 Å². The molecule has 0 aliphatic rings. The summed E-state index contributed by atoms with van der Waals surface area (Å²) in [6.45, 7) is 0. The van der Waals surface area contributed by atoms with Gasteiger partial charge in [-0.15, -0.1) is 0 Å². The first kappa shape index (κ1) is 13.2. The van der Waals surface area contributed by atoms with Gasteiger partial charge in [-0.3, -0.25) is 9.78 Å². The van der Waals surface area contributed by atoms with E-state index >= 15 is 0 Å². The van der Waals surface area contributed by atoms with Crippen LogP contribution in [-0.4, -0.2) is 10.8 Å². The van der Waals surface area contributed by atoms with E-state index in [4.69, 9.17) is 11.6 Å². The van der Waals surface area contributed by atoms with E-state index in [9.17, 15) is 9.18 Å². The first-order chi connectivity index (χ1) is 8.56. The van der Waals surface area contributed by atoms with Crippen LogP contribution >= 0.6 is 27.5 Å². The second-order valence-corrected chi connectivity index (χ2v) is 5.06. The summed E-state index contributed by atoms with van der Waals surface area (Å²) in [5, 5.41) is 0.128. The average molecular weight is 329 g/mol. The van der Waals surface area contributed by atoms with Gasteiger partial charge in [0.2, 0.25) is 0 Å². The molecule has 0 aliphatic heterocycles. The zero-order valence-electron chi connectivity index (χ0n) is 9.16. The van der Waals surface area contributed by atoms with Crippen LogP contribution < -0.4 is 0 Å². The molecule has 0 unspecified atom stereocenters. The van der Waals surface area contributed by atoms with Crippen LogP contribution in [0, 0.1) is 5.82 Å². The van der Waals surface area contributed by atoms with Crippen molar-refractivity contribution >= 4 is 33.3 Å². The average Bonchev–Trinajstić information content (AvgIpc) is 2.28. The highest BCUT2D eigenvalue weighted by Gasteiger charge is 2.12. The zero-order valence-corrected chi connectivity index (χ0v) is 11.5. The van der Waals surface area contributed by atoms with Gasteiger partial charge >= 0.3 is 0 Å². The van der Waals surface area contributed by atoms with Crippen molar-refractivity contribution in [2.45, 2.75) is 6.42 Å². The van der Waals surface area contributed by atoms with Gasteiger partial charge in [-0.05, 0) is 45.8 Å². The van der Waals surface area contributed by atoms with Gasteiger partial charge in [-0.25, -0.2) is 4.39 Å². The molecule has 0 radical (unpaired) electrons. The van der Waals surface area contributed by atoms with E-state index in [1.807, 2.05) is 6.07 Å². The number of ketones is 1. The molecule has 18 heavy (non-hydrogen) atoms. The normalized spacial score (nSPS) is 10.4. The monoisotopic (exact) mass is 327 g/mol. The molecule has 1 aromatic carbocycles. The number of hydrogen-bond donors (Lipinski definition) is 0. The van der Waals surface area contributed by atoms with Gasteiger partial charge in [0.05, 0.1) is 5.02 Å². The van der Waals surface area contributed by atoms with Crippen LogP contribution in [0.1, 0.15) is 15.9 Å². The van der Waals surface area contributed by atoms with Crippen molar-refractivity contribution in [2.24, 2.45) is 0 Å². The highest BCUT2D eigenvalue weighted by Crippen LogP contribution is 2.20. The van der Waals surface area contributed by atoms with Gasteiger partial charge in [0.15, 0.2) is 5.78 Å². The predicted molar refractivity (Wildman–Crippen MR) is 71.4 cm³/mol. The SMILES string of the molecule is O=C(Cc1cncc(Br)c1)c1ccc(F)cc1Cl. The summed E-state index contributed by atoms with van der Waals surface area (Å²) in [5.41, 5.74) is 1.09. The molecular formula is C13H8BrClFNO. The Morgan fingerprint density at radius 1 is 1.33 bits per heavy atom. The second kappa shape index (κ2) is 5.59. The fourth-order valence-corrected chi connectivity index (χ4v) is 2.23. The number of benzene rings is 1. The lowest BCUT2D eigenvalue weighted by Gasteiger charge is -2.04. The molecule has 0 atom stereocenters. The van der Waals surface area contributed by atoms with Crippen LogP contribution in [0.15, 0.2) is 41.1 Å². The van der Waals surface area contributed by atoms with Gasteiger partial charge in [-0.1, -0.05) is 11.6 Å². The third-order valence-corrected chi connectivity index (χ3v) is 3.10. The van der Waals surface area contributed by atoms with E-state index < -0.39 is 5.82 Å². The lowest BCUT2D eigenvalue weighted by molar-refractivity contribution is 0.0993. The maximum atomic E-state index is 12.9. The molecular weight excluding hydrogens is 321 g/mol. The molecule has 0 amide bonds. The summed E-state index contributed by atoms with van der Waals surface area (Å²) in [6, 6.07) is 5.56. The Morgan fingerprint density at radius 3 is 2.78 bits per heavy atom. The molecule has 0 bridgehead atoms. The minimum atomic E-state index is -0.458. The molecule has 0 N–H and O–H groups in total. The van der Waals surface area contributed by atoms with E-state index in [1.165, 1.54) is 12.1 Å². The highest BCUT2D eigenvalue weighted by molar-refractivity contribution is 9.10. The zero-order chi connectivity index (χ0) is 13.1. The Balaban J connectivity index is 2.22. The molecule has 2 nitrogen and oxygen atoms in total. The van der Waals surface area contributed by atoms with Crippen LogP contribution in [0.2, 0.25) is 5.02 Å². The van der Waals surface area contributed by atoms with Crippen LogP contribution in [0.4, 0.5) is 4.39 Å². The van der Waals surface area contributed by atoms with Crippen molar-refractivity contribution in [3.8, 4) is 0 Å². The molecule has 2 rings (SSSR count). The minimum Gasteiger partial charge on any atom is -0.294 e. The second-order valence-electron chi connectivity index (χ2n) is 3.74. The van der Waals surface area contributed by atoms with Gasteiger partial charge in [0.25, 0.3) is 0 Å². The summed E-state index contributed by atoms with van der Waals surface area (Å²) >= 11 is 9.12. The molecule has 0 saturated carbocycles. The molecule has 5 heteroatoms. The number of halogens is 3. The van der Waals surface area contributed by atoms with E-state index in [-0.39, 0.29) is 17.2 Å². The van der Waals surface area contributed by atoms with Crippen molar-refractivity contribution in [3.05, 3.63) is 63.1 Å². The van der Waals surface area contributed by atoms with Crippen molar-refractivity contribution in [1.82, 2.24) is 4.98 Å². The largest absolute Gasteiger partial charge is 0.294 e. The first-order valence-electron chi connectivity index (χ1n) is 5.14. The van der Waals surface area contributed by atoms with Gasteiger partial charge in [0.1, 0.15) is 5.82 Å². The molecule has 0 aliphatic carbocycles. The Kier molecular flexibility index (Phi) is 4.09. The molecule has 1 aromatic heterocycles.